The fraction of sp³-hybridized carbons (Fsp3) is 0.300. The van der Waals surface area contributed by atoms with E-state index in [2.05, 4.69) is 15.5 Å². The van der Waals surface area contributed by atoms with Crippen LogP contribution in [-0.4, -0.2) is 33.1 Å². The van der Waals surface area contributed by atoms with Gasteiger partial charge in [0.2, 0.25) is 0 Å². The maximum atomic E-state index is 12.3. The van der Waals surface area contributed by atoms with Crippen molar-refractivity contribution >= 4 is 17.5 Å². The molecule has 0 aliphatic heterocycles. The van der Waals surface area contributed by atoms with Crippen molar-refractivity contribution in [2.75, 3.05) is 6.61 Å². The molecule has 1 N–H and O–H groups in total. The van der Waals surface area contributed by atoms with Crippen molar-refractivity contribution in [1.82, 2.24) is 19.9 Å². The summed E-state index contributed by atoms with van der Waals surface area (Å²) in [6.07, 6.45) is 3.80. The van der Waals surface area contributed by atoms with Crippen LogP contribution in [0.2, 0.25) is 0 Å². The van der Waals surface area contributed by atoms with Gasteiger partial charge in [-0.15, -0.1) is 10.2 Å². The van der Waals surface area contributed by atoms with E-state index in [9.17, 15) is 9.59 Å². The van der Waals surface area contributed by atoms with Gasteiger partial charge in [-0.1, -0.05) is 30.3 Å². The average molecular weight is 364 g/mol. The summed E-state index contributed by atoms with van der Waals surface area (Å²) in [5, 5.41) is 10.9. The number of ether oxygens (including phenoxy) is 1. The first-order valence-corrected chi connectivity index (χ1v) is 8.94. The predicted molar refractivity (Wildman–Crippen MR) is 98.1 cm³/mol. The minimum atomic E-state index is -0.553. The van der Waals surface area contributed by atoms with Gasteiger partial charge in [-0.05, 0) is 43.4 Å². The van der Waals surface area contributed by atoms with Crippen LogP contribution in [0.3, 0.4) is 0 Å². The number of benzene rings is 1. The Morgan fingerprint density at radius 3 is 2.70 bits per heavy atom. The van der Waals surface area contributed by atoms with E-state index in [1.54, 1.807) is 29.7 Å². The number of fused-ring (bicyclic) bond motifs is 1. The Bertz CT molecular complexity index is 979. The Kier molecular flexibility index (Phi) is 4.58. The molecule has 4 rings (SSSR count). The van der Waals surface area contributed by atoms with Crippen LogP contribution >= 0.6 is 0 Å². The Labute approximate surface area is 156 Å². The van der Waals surface area contributed by atoms with Gasteiger partial charge < -0.3 is 10.1 Å². The number of aryl methyl sites for hydroxylation is 1. The van der Waals surface area contributed by atoms with Gasteiger partial charge >= 0.3 is 5.97 Å². The van der Waals surface area contributed by atoms with Gasteiger partial charge in [-0.25, -0.2) is 4.79 Å². The largest absolute Gasteiger partial charge is 0.452 e. The number of carbonyl (C=O) groups is 2. The van der Waals surface area contributed by atoms with Crippen LogP contribution in [0.4, 0.5) is 0 Å². The number of esters is 1. The number of rotatable bonds is 6. The molecule has 1 unspecified atom stereocenters. The van der Waals surface area contributed by atoms with Crippen LogP contribution in [0.5, 0.6) is 0 Å². The van der Waals surface area contributed by atoms with Gasteiger partial charge in [0.15, 0.2) is 12.3 Å². The minimum Gasteiger partial charge on any atom is -0.452 e. The monoisotopic (exact) mass is 364 g/mol. The fourth-order valence-corrected chi connectivity index (χ4v) is 3.12. The number of hydrogen-bond donors (Lipinski definition) is 1. The second-order valence-corrected chi connectivity index (χ2v) is 6.76. The molecular weight excluding hydrogens is 344 g/mol. The molecule has 1 saturated carbocycles. The molecule has 138 valence electrons. The molecule has 0 bridgehead atoms. The molecule has 7 heteroatoms. The summed E-state index contributed by atoms with van der Waals surface area (Å²) in [6, 6.07) is 13.1. The van der Waals surface area contributed by atoms with Crippen LogP contribution in [0.1, 0.15) is 40.6 Å². The SMILES string of the molecule is Cc1nnc2ccc(C(=O)OCC(=O)NC(c3ccccc3)C3CC3)cn12. The highest BCUT2D eigenvalue weighted by Crippen LogP contribution is 2.40. The highest BCUT2D eigenvalue weighted by molar-refractivity contribution is 5.91. The Morgan fingerprint density at radius 1 is 1.19 bits per heavy atom. The van der Waals surface area contributed by atoms with Crippen molar-refractivity contribution in [2.45, 2.75) is 25.8 Å². The topological polar surface area (TPSA) is 85.6 Å². The lowest BCUT2D eigenvalue weighted by Gasteiger charge is -2.18. The van der Waals surface area contributed by atoms with Crippen molar-refractivity contribution < 1.29 is 14.3 Å². The summed E-state index contributed by atoms with van der Waals surface area (Å²) in [6.45, 7) is 1.48. The second-order valence-electron chi connectivity index (χ2n) is 6.76. The Hall–Kier alpha value is -3.22. The first-order valence-electron chi connectivity index (χ1n) is 8.94. The molecule has 27 heavy (non-hydrogen) atoms. The van der Waals surface area contributed by atoms with Crippen molar-refractivity contribution in [3.8, 4) is 0 Å². The molecule has 1 fully saturated rings. The number of pyridine rings is 1. The van der Waals surface area contributed by atoms with E-state index in [1.807, 2.05) is 30.3 Å². The molecule has 0 saturated heterocycles. The van der Waals surface area contributed by atoms with Crippen molar-refractivity contribution in [2.24, 2.45) is 5.92 Å². The molecule has 1 aliphatic carbocycles. The van der Waals surface area contributed by atoms with Gasteiger partial charge in [0, 0.05) is 6.20 Å². The third-order valence-electron chi connectivity index (χ3n) is 4.71. The maximum absolute atomic E-state index is 12.3. The minimum absolute atomic E-state index is 0.0339. The second kappa shape index (κ2) is 7.19. The molecule has 2 heterocycles. The zero-order valence-electron chi connectivity index (χ0n) is 15.0. The van der Waals surface area contributed by atoms with Crippen molar-refractivity contribution in [3.05, 3.63) is 65.6 Å². The summed E-state index contributed by atoms with van der Waals surface area (Å²) >= 11 is 0. The zero-order chi connectivity index (χ0) is 18.8. The lowest BCUT2D eigenvalue weighted by atomic mass is 10.0. The molecule has 0 radical (unpaired) electrons. The van der Waals surface area contributed by atoms with E-state index in [4.69, 9.17) is 4.74 Å². The number of nitrogens with zero attached hydrogens (tertiary/aromatic N) is 3. The van der Waals surface area contributed by atoms with Crippen LogP contribution in [0, 0.1) is 12.8 Å². The molecule has 1 atom stereocenters. The molecule has 1 aromatic carbocycles. The maximum Gasteiger partial charge on any atom is 0.340 e. The third-order valence-corrected chi connectivity index (χ3v) is 4.71. The summed E-state index contributed by atoms with van der Waals surface area (Å²) in [5.41, 5.74) is 2.07. The van der Waals surface area contributed by atoms with E-state index in [0.29, 0.717) is 23.0 Å². The highest BCUT2D eigenvalue weighted by atomic mass is 16.5. The van der Waals surface area contributed by atoms with E-state index in [1.165, 1.54) is 0 Å². The molecule has 7 nitrogen and oxygen atoms in total. The normalized spacial score (nSPS) is 14.7. The molecule has 1 amide bonds. The third kappa shape index (κ3) is 3.81. The highest BCUT2D eigenvalue weighted by Gasteiger charge is 2.33. The average Bonchev–Trinajstić information content (AvgIpc) is 3.48. The fourth-order valence-electron chi connectivity index (χ4n) is 3.12. The Balaban J connectivity index is 1.37. The lowest BCUT2D eigenvalue weighted by molar-refractivity contribution is -0.125. The van der Waals surface area contributed by atoms with E-state index >= 15 is 0 Å². The molecule has 0 spiro atoms. The van der Waals surface area contributed by atoms with E-state index in [0.717, 1.165) is 18.4 Å². The van der Waals surface area contributed by atoms with Gasteiger partial charge in [0.1, 0.15) is 5.82 Å². The van der Waals surface area contributed by atoms with Gasteiger partial charge in [0.05, 0.1) is 11.6 Å². The summed E-state index contributed by atoms with van der Waals surface area (Å²) in [4.78, 5) is 24.6. The standard InChI is InChI=1S/C20H20N4O3/c1-13-22-23-17-10-9-16(11-24(13)17)20(26)27-12-18(25)21-19(15-7-8-15)14-5-3-2-4-6-14/h2-6,9-11,15,19H,7-8,12H2,1H3,(H,21,25). The zero-order valence-corrected chi connectivity index (χ0v) is 15.0. The summed E-state index contributed by atoms with van der Waals surface area (Å²) in [7, 11) is 0. The van der Waals surface area contributed by atoms with Crippen LogP contribution in [-0.2, 0) is 9.53 Å². The van der Waals surface area contributed by atoms with E-state index in [-0.39, 0.29) is 18.6 Å². The summed E-state index contributed by atoms with van der Waals surface area (Å²) in [5.74, 6) is 0.271. The van der Waals surface area contributed by atoms with Crippen LogP contribution in [0.25, 0.3) is 5.65 Å². The summed E-state index contributed by atoms with van der Waals surface area (Å²) < 4.78 is 6.89. The number of nitrogens with one attached hydrogen (secondary N) is 1. The smallest absolute Gasteiger partial charge is 0.340 e. The number of aromatic nitrogens is 3. The van der Waals surface area contributed by atoms with Crippen molar-refractivity contribution in [3.63, 3.8) is 0 Å². The molecule has 3 aromatic rings. The van der Waals surface area contributed by atoms with Crippen LogP contribution in [0.15, 0.2) is 48.7 Å². The number of amides is 1. The molecule has 1 aliphatic rings. The predicted octanol–water partition coefficient (Wildman–Crippen LogP) is 2.46. The van der Waals surface area contributed by atoms with Gasteiger partial charge in [-0.3, -0.25) is 9.20 Å². The Morgan fingerprint density at radius 2 is 1.96 bits per heavy atom. The van der Waals surface area contributed by atoms with Crippen molar-refractivity contribution in [1.29, 1.82) is 0 Å². The van der Waals surface area contributed by atoms with E-state index < -0.39 is 5.97 Å². The lowest BCUT2D eigenvalue weighted by Crippen LogP contribution is -2.33. The quantitative estimate of drug-likeness (QED) is 0.679. The van der Waals surface area contributed by atoms with Gasteiger partial charge in [-0.2, -0.15) is 0 Å². The first-order chi connectivity index (χ1) is 13.1. The number of hydrogen-bond acceptors (Lipinski definition) is 5. The van der Waals surface area contributed by atoms with Gasteiger partial charge in [0.25, 0.3) is 5.91 Å². The van der Waals surface area contributed by atoms with Crippen LogP contribution < -0.4 is 5.32 Å². The first kappa shape index (κ1) is 17.2. The number of carbonyl (C=O) groups excluding carboxylic acids is 2. The molecular formula is C20H20N4O3. The molecule has 2 aromatic heterocycles.